The minimum Gasteiger partial charge on any atom is -0.504 e. The van der Waals surface area contributed by atoms with Crippen LogP contribution in [0.1, 0.15) is 11.1 Å². The van der Waals surface area contributed by atoms with Gasteiger partial charge in [0.15, 0.2) is 11.5 Å². The first-order chi connectivity index (χ1) is 11.5. The van der Waals surface area contributed by atoms with Crippen molar-refractivity contribution in [2.45, 2.75) is 0 Å². The van der Waals surface area contributed by atoms with E-state index in [0.717, 1.165) is 5.56 Å². The maximum absolute atomic E-state index is 12.2. The Bertz CT molecular complexity index is 879. The number of thioether (sulfide) groups is 1. The van der Waals surface area contributed by atoms with Crippen LogP contribution in [0.2, 0.25) is 0 Å². The van der Waals surface area contributed by atoms with Crippen LogP contribution in [0.25, 0.3) is 6.08 Å². The number of halogens is 2. The van der Waals surface area contributed by atoms with Crippen molar-refractivity contribution in [2.24, 2.45) is 4.99 Å². The predicted octanol–water partition coefficient (Wildman–Crippen LogP) is 4.99. The Hall–Kier alpha value is -1.57. The third kappa shape index (κ3) is 3.29. The topological polar surface area (TPSA) is 58.9 Å². The summed E-state index contributed by atoms with van der Waals surface area (Å²) < 4.78 is 6.50. The number of ether oxygens (including phenoxy) is 1. The number of carbonyl (C=O) groups excluding carboxylic acids is 1. The lowest BCUT2D eigenvalue weighted by Gasteiger charge is -2.10. The lowest BCUT2D eigenvalue weighted by Crippen LogP contribution is -1.92. The largest absolute Gasteiger partial charge is 0.504 e. The molecule has 2 aromatic carbocycles. The van der Waals surface area contributed by atoms with E-state index in [4.69, 9.17) is 4.74 Å². The molecule has 1 amide bonds. The van der Waals surface area contributed by atoms with Crippen LogP contribution >= 0.6 is 43.6 Å². The number of benzene rings is 2. The van der Waals surface area contributed by atoms with E-state index in [-0.39, 0.29) is 11.7 Å². The average molecular weight is 469 g/mol. The first kappa shape index (κ1) is 17.3. The second-order valence-corrected chi connectivity index (χ2v) is 7.51. The van der Waals surface area contributed by atoms with E-state index < -0.39 is 0 Å². The highest BCUT2D eigenvalue weighted by Gasteiger charge is 2.24. The molecule has 1 heterocycles. The number of aliphatic imine (C=N–C) groups is 1. The van der Waals surface area contributed by atoms with Crippen LogP contribution in [0.5, 0.6) is 11.5 Å². The van der Waals surface area contributed by atoms with Crippen molar-refractivity contribution in [3.8, 4) is 11.5 Å². The summed E-state index contributed by atoms with van der Waals surface area (Å²) in [7, 11) is 1.47. The highest BCUT2D eigenvalue weighted by Crippen LogP contribution is 2.43. The van der Waals surface area contributed by atoms with E-state index in [9.17, 15) is 9.90 Å². The van der Waals surface area contributed by atoms with Crippen molar-refractivity contribution >= 4 is 60.6 Å². The summed E-state index contributed by atoms with van der Waals surface area (Å²) in [6, 6.07) is 11.1. The van der Waals surface area contributed by atoms with Gasteiger partial charge in [0.05, 0.1) is 12.0 Å². The number of hydrogen-bond donors (Lipinski definition) is 1. The second-order valence-electron chi connectivity index (χ2n) is 4.84. The normalized spacial score (nSPS) is 15.7. The number of nitrogens with zero attached hydrogens (tertiary/aromatic N) is 1. The van der Waals surface area contributed by atoms with Gasteiger partial charge in [-0.25, -0.2) is 4.99 Å². The van der Waals surface area contributed by atoms with Crippen LogP contribution in [0.3, 0.4) is 0 Å². The molecule has 3 rings (SSSR count). The predicted molar refractivity (Wildman–Crippen MR) is 104 cm³/mol. The molecule has 1 N–H and O–H groups in total. The molecule has 0 saturated carbocycles. The molecule has 0 atom stereocenters. The molecular formula is C17H11Br2NO3S. The fraction of sp³-hybridized carbons (Fsp3) is 0.0588. The highest BCUT2D eigenvalue weighted by atomic mass is 79.9. The number of carbonyl (C=O) groups is 1. The van der Waals surface area contributed by atoms with Crippen LogP contribution in [0.15, 0.2) is 55.2 Å². The quantitative estimate of drug-likeness (QED) is 0.645. The van der Waals surface area contributed by atoms with E-state index in [0.29, 0.717) is 30.2 Å². The molecule has 0 unspecified atom stereocenters. The number of aromatic hydroxyl groups is 1. The van der Waals surface area contributed by atoms with Crippen molar-refractivity contribution in [2.75, 3.05) is 7.11 Å². The molecule has 1 aliphatic rings. The molecule has 4 nitrogen and oxygen atoms in total. The van der Waals surface area contributed by atoms with Gasteiger partial charge in [-0.15, -0.1) is 0 Å². The van der Waals surface area contributed by atoms with Gasteiger partial charge in [0.2, 0.25) is 0 Å². The second kappa shape index (κ2) is 7.13. The van der Waals surface area contributed by atoms with E-state index in [2.05, 4.69) is 36.9 Å². The molecule has 0 aliphatic carbocycles. The summed E-state index contributed by atoms with van der Waals surface area (Å²) in [4.78, 5) is 16.7. The van der Waals surface area contributed by atoms with Gasteiger partial charge in [0.1, 0.15) is 5.04 Å². The summed E-state index contributed by atoms with van der Waals surface area (Å²) >= 11 is 8.09. The zero-order valence-electron chi connectivity index (χ0n) is 12.4. The monoisotopic (exact) mass is 467 g/mol. The van der Waals surface area contributed by atoms with E-state index in [1.165, 1.54) is 18.9 Å². The van der Waals surface area contributed by atoms with Gasteiger partial charge >= 0.3 is 0 Å². The first-order valence-electron chi connectivity index (χ1n) is 6.84. The first-order valence-corrected chi connectivity index (χ1v) is 9.24. The molecule has 2 aromatic rings. The summed E-state index contributed by atoms with van der Waals surface area (Å²) in [6.07, 6.45) is 1.61. The SMILES string of the molecule is COc1cc(Br)c(Br)c(/C=C2\SC(c3ccccc3)=NC2=O)c1O. The molecule has 0 spiro atoms. The van der Waals surface area contributed by atoms with Crippen molar-refractivity contribution in [3.05, 3.63) is 61.4 Å². The van der Waals surface area contributed by atoms with E-state index in [1.807, 2.05) is 30.3 Å². The Morgan fingerprint density at radius 1 is 1.25 bits per heavy atom. The Morgan fingerprint density at radius 3 is 2.62 bits per heavy atom. The van der Waals surface area contributed by atoms with Crippen LogP contribution in [0, 0.1) is 0 Å². The minimum absolute atomic E-state index is 0.0402. The van der Waals surface area contributed by atoms with Crippen molar-refractivity contribution < 1.29 is 14.6 Å². The summed E-state index contributed by atoms with van der Waals surface area (Å²) in [6.45, 7) is 0. The molecule has 0 fully saturated rings. The Morgan fingerprint density at radius 2 is 1.96 bits per heavy atom. The van der Waals surface area contributed by atoms with E-state index >= 15 is 0 Å². The van der Waals surface area contributed by atoms with Crippen LogP contribution in [0.4, 0.5) is 0 Å². The van der Waals surface area contributed by atoms with Crippen LogP contribution < -0.4 is 4.74 Å². The van der Waals surface area contributed by atoms with Gasteiger partial charge in [-0.2, -0.15) is 0 Å². The molecular weight excluding hydrogens is 458 g/mol. The molecule has 0 bridgehead atoms. The number of amides is 1. The van der Waals surface area contributed by atoms with Crippen molar-refractivity contribution in [1.82, 2.24) is 0 Å². The minimum atomic E-state index is -0.330. The number of hydrogen-bond acceptors (Lipinski definition) is 4. The summed E-state index contributed by atoms with van der Waals surface area (Å²) in [5.74, 6) is -0.0534. The van der Waals surface area contributed by atoms with Gasteiger partial charge in [0, 0.05) is 20.1 Å². The van der Waals surface area contributed by atoms with Crippen molar-refractivity contribution in [1.29, 1.82) is 0 Å². The molecule has 1 aliphatic heterocycles. The summed E-state index contributed by atoms with van der Waals surface area (Å²) in [5, 5.41) is 11.0. The van der Waals surface area contributed by atoms with Crippen molar-refractivity contribution in [3.63, 3.8) is 0 Å². The lowest BCUT2D eigenvalue weighted by atomic mass is 10.1. The van der Waals surface area contributed by atoms with Gasteiger partial charge in [-0.05, 0) is 44.0 Å². The van der Waals surface area contributed by atoms with Gasteiger partial charge in [0.25, 0.3) is 5.91 Å². The molecule has 7 heteroatoms. The Labute approximate surface area is 159 Å². The molecule has 0 radical (unpaired) electrons. The highest BCUT2D eigenvalue weighted by molar-refractivity contribution is 9.13. The lowest BCUT2D eigenvalue weighted by molar-refractivity contribution is -0.113. The number of methoxy groups -OCH3 is 1. The average Bonchev–Trinajstić information content (AvgIpc) is 2.96. The van der Waals surface area contributed by atoms with Gasteiger partial charge in [-0.3, -0.25) is 4.79 Å². The Kier molecular flexibility index (Phi) is 5.12. The molecule has 0 aromatic heterocycles. The zero-order valence-corrected chi connectivity index (χ0v) is 16.4. The van der Waals surface area contributed by atoms with Crippen LogP contribution in [-0.2, 0) is 4.79 Å². The zero-order chi connectivity index (χ0) is 17.3. The smallest absolute Gasteiger partial charge is 0.284 e. The molecule has 122 valence electrons. The van der Waals surface area contributed by atoms with Crippen LogP contribution in [-0.4, -0.2) is 23.2 Å². The fourth-order valence-electron chi connectivity index (χ4n) is 2.14. The maximum atomic E-state index is 12.2. The fourth-order valence-corrected chi connectivity index (χ4v) is 3.88. The van der Waals surface area contributed by atoms with E-state index in [1.54, 1.807) is 12.1 Å². The third-order valence-electron chi connectivity index (χ3n) is 3.33. The Balaban J connectivity index is 2.00. The maximum Gasteiger partial charge on any atom is 0.284 e. The standard InChI is InChI=1S/C17H11Br2NO3S/c1-23-12-8-11(18)14(19)10(15(12)21)7-13-16(22)20-17(24-13)9-5-3-2-4-6-9/h2-8,21H,1H3/b13-7-. The third-order valence-corrected chi connectivity index (χ3v) is 6.37. The van der Waals surface area contributed by atoms with Gasteiger partial charge in [-0.1, -0.05) is 42.1 Å². The van der Waals surface area contributed by atoms with Gasteiger partial charge < -0.3 is 9.84 Å². The summed E-state index contributed by atoms with van der Waals surface area (Å²) in [5.41, 5.74) is 1.34. The number of phenolic OH excluding ortho intramolecular Hbond substituents is 1. The molecule has 24 heavy (non-hydrogen) atoms. The number of phenols is 1. The molecule has 0 saturated heterocycles. The number of rotatable bonds is 3.